The molecule has 0 aliphatic heterocycles. The Hall–Kier alpha value is -3.18. The second-order valence-electron chi connectivity index (χ2n) is 8.20. The van der Waals surface area contributed by atoms with Gasteiger partial charge in [-0.25, -0.2) is 0 Å². The van der Waals surface area contributed by atoms with E-state index < -0.39 is 0 Å². The molecular formula is C25H26BN3O. The molecule has 5 aromatic rings. The highest BCUT2D eigenvalue weighted by Gasteiger charge is 2.18. The Balaban J connectivity index is 1.85. The first kappa shape index (κ1) is 18.8. The monoisotopic (exact) mass is 395 g/mol. The van der Waals surface area contributed by atoms with Gasteiger partial charge in [-0.05, 0) is 43.9 Å². The summed E-state index contributed by atoms with van der Waals surface area (Å²) in [6.45, 7) is 7.62. The zero-order valence-electron chi connectivity index (χ0n) is 17.8. The predicted molar refractivity (Wildman–Crippen MR) is 132 cm³/mol. The summed E-state index contributed by atoms with van der Waals surface area (Å²) in [5.74, 6) is 0.898. The molecule has 150 valence electrons. The van der Waals surface area contributed by atoms with E-state index in [1.54, 1.807) is 0 Å². The lowest BCUT2D eigenvalue weighted by atomic mass is 9.73. The maximum atomic E-state index is 6.39. The molecule has 5 rings (SSSR count). The number of nitrogens with zero attached hydrogens (tertiary/aromatic N) is 1. The first-order valence-corrected chi connectivity index (χ1v) is 10.5. The summed E-state index contributed by atoms with van der Waals surface area (Å²) in [4.78, 5) is 9.36. The number of benzene rings is 3. The molecule has 0 aliphatic carbocycles. The molecule has 4 nitrogen and oxygen atoms in total. The highest BCUT2D eigenvalue weighted by molar-refractivity contribution is 6.52. The van der Waals surface area contributed by atoms with E-state index in [0.717, 1.165) is 47.2 Å². The van der Waals surface area contributed by atoms with Crippen LogP contribution in [0.25, 0.3) is 49.7 Å². The lowest BCUT2D eigenvalue weighted by molar-refractivity contribution is 0.265. The molecule has 0 amide bonds. The summed E-state index contributed by atoms with van der Waals surface area (Å²) in [5.41, 5.74) is 6.81. The smallest absolute Gasteiger partial charge is 0.167 e. The number of hydrogen-bond donors (Lipinski definition) is 2. The number of ether oxygens (including phenoxy) is 1. The molecule has 5 heteroatoms. The van der Waals surface area contributed by atoms with Gasteiger partial charge in [-0.3, -0.25) is 0 Å². The third-order valence-corrected chi connectivity index (χ3v) is 5.94. The minimum absolute atomic E-state index is 0.629. The van der Waals surface area contributed by atoms with E-state index in [0.29, 0.717) is 6.61 Å². The molecule has 0 unspecified atom stereocenters. The Kier molecular flexibility index (Phi) is 4.56. The number of fused-ring (bicyclic) bond motifs is 6. The van der Waals surface area contributed by atoms with Crippen molar-refractivity contribution in [2.45, 2.75) is 6.82 Å². The Labute approximate surface area is 176 Å². The van der Waals surface area contributed by atoms with Gasteiger partial charge >= 0.3 is 0 Å². The quantitative estimate of drug-likeness (QED) is 0.411. The van der Waals surface area contributed by atoms with E-state index in [4.69, 9.17) is 4.74 Å². The largest absolute Gasteiger partial charge is 0.488 e. The van der Waals surface area contributed by atoms with E-state index in [9.17, 15) is 0 Å². The fraction of sp³-hybridized carbons (Fsp3) is 0.200. The molecule has 2 aromatic heterocycles. The summed E-state index contributed by atoms with van der Waals surface area (Å²) in [6.07, 6.45) is 1.89. The molecular weight excluding hydrogens is 369 g/mol. The molecule has 0 bridgehead atoms. The van der Waals surface area contributed by atoms with Gasteiger partial charge in [0.25, 0.3) is 0 Å². The Bertz CT molecular complexity index is 1410. The second-order valence-corrected chi connectivity index (χ2v) is 8.20. The van der Waals surface area contributed by atoms with E-state index in [2.05, 4.69) is 84.8 Å². The summed E-state index contributed by atoms with van der Waals surface area (Å²) < 4.78 is 6.39. The lowest BCUT2D eigenvalue weighted by Crippen LogP contribution is -2.19. The van der Waals surface area contributed by atoms with Crippen LogP contribution >= 0.6 is 0 Å². The van der Waals surface area contributed by atoms with E-state index >= 15 is 0 Å². The number of likely N-dealkylation sites (N-methyl/N-ethyl adjacent to an activating group) is 1. The van der Waals surface area contributed by atoms with Crippen LogP contribution in [0.4, 0.5) is 0 Å². The number of H-pyrrole nitrogens is 2. The molecule has 30 heavy (non-hydrogen) atoms. The fourth-order valence-corrected chi connectivity index (χ4v) is 4.24. The van der Waals surface area contributed by atoms with E-state index in [-0.39, 0.29) is 0 Å². The molecule has 0 spiro atoms. The first-order valence-electron chi connectivity index (χ1n) is 10.5. The third-order valence-electron chi connectivity index (χ3n) is 5.94. The third kappa shape index (κ3) is 2.97. The first-order chi connectivity index (χ1) is 14.6. The Morgan fingerprint density at radius 3 is 2.23 bits per heavy atom. The maximum Gasteiger partial charge on any atom is 0.167 e. The number of nitrogens with one attached hydrogen (secondary N) is 2. The number of rotatable bonds is 6. The van der Waals surface area contributed by atoms with Gasteiger partial charge in [0.1, 0.15) is 6.61 Å². The zero-order valence-corrected chi connectivity index (χ0v) is 17.8. The number of aromatic nitrogens is 2. The average molecular weight is 395 g/mol. The van der Waals surface area contributed by atoms with Crippen molar-refractivity contribution in [1.29, 1.82) is 0 Å². The van der Waals surface area contributed by atoms with Crippen molar-refractivity contribution in [1.82, 2.24) is 14.9 Å². The van der Waals surface area contributed by atoms with Crippen molar-refractivity contribution in [2.24, 2.45) is 0 Å². The maximum absolute atomic E-state index is 6.39. The Morgan fingerprint density at radius 1 is 0.933 bits per heavy atom. The minimum atomic E-state index is 0.629. The van der Waals surface area contributed by atoms with E-state index in [1.165, 1.54) is 27.0 Å². The average Bonchev–Trinajstić information content (AvgIpc) is 3.30. The number of aromatic amines is 2. The highest BCUT2D eigenvalue weighted by Crippen LogP contribution is 2.40. The molecule has 2 heterocycles. The van der Waals surface area contributed by atoms with Gasteiger partial charge in [0.2, 0.25) is 0 Å². The van der Waals surface area contributed by atoms with Crippen molar-refractivity contribution in [3.8, 4) is 5.75 Å². The summed E-state index contributed by atoms with van der Waals surface area (Å²) >= 11 is 0. The van der Waals surface area contributed by atoms with Crippen LogP contribution in [0.1, 0.15) is 5.56 Å². The number of hydrogen-bond acceptors (Lipinski definition) is 2. The molecule has 0 fully saturated rings. The molecule has 0 saturated carbocycles. The van der Waals surface area contributed by atoms with Gasteiger partial charge < -0.3 is 19.6 Å². The molecule has 2 N–H and O–H groups in total. The van der Waals surface area contributed by atoms with Crippen LogP contribution in [0.3, 0.4) is 0 Å². The van der Waals surface area contributed by atoms with Crippen LogP contribution in [0.15, 0.2) is 49.0 Å². The van der Waals surface area contributed by atoms with Crippen molar-refractivity contribution in [3.05, 3.63) is 54.6 Å². The highest BCUT2D eigenvalue weighted by atomic mass is 16.5. The van der Waals surface area contributed by atoms with Gasteiger partial charge in [0.05, 0.1) is 11.0 Å². The van der Waals surface area contributed by atoms with Crippen molar-refractivity contribution in [3.63, 3.8) is 0 Å². The summed E-state index contributed by atoms with van der Waals surface area (Å²) in [6, 6.07) is 15.4. The van der Waals surface area contributed by atoms with Crippen molar-refractivity contribution >= 4 is 62.4 Å². The summed E-state index contributed by atoms with van der Waals surface area (Å²) in [5, 5.41) is 4.84. The standard InChI is InChI=1S/C25H26BN3O/c1-5-15-6-8-21-17(12-15)19-14-20-18-13-16(26-2)7-9-22(18)28-24(20)25(23(19)27-21)30-11-10-29(3)4/h5-9,12-14,26-28H,1,10-11H2,2-4H3. The predicted octanol–water partition coefficient (Wildman–Crippen LogP) is 4.65. The molecule has 3 aromatic carbocycles. The van der Waals surface area contributed by atoms with Gasteiger partial charge in [-0.1, -0.05) is 43.1 Å². The minimum Gasteiger partial charge on any atom is -0.488 e. The fourth-order valence-electron chi connectivity index (χ4n) is 4.24. The van der Waals surface area contributed by atoms with Crippen molar-refractivity contribution in [2.75, 3.05) is 27.2 Å². The van der Waals surface area contributed by atoms with Crippen molar-refractivity contribution < 1.29 is 4.74 Å². The molecule has 0 saturated heterocycles. The van der Waals surface area contributed by atoms with Crippen LogP contribution in [0, 0.1) is 0 Å². The van der Waals surface area contributed by atoms with Crippen LogP contribution < -0.4 is 10.2 Å². The van der Waals surface area contributed by atoms with E-state index in [1.807, 2.05) is 6.08 Å². The van der Waals surface area contributed by atoms with Crippen LogP contribution in [-0.4, -0.2) is 49.4 Å². The van der Waals surface area contributed by atoms with Crippen LogP contribution in [0.5, 0.6) is 5.75 Å². The molecule has 0 atom stereocenters. The van der Waals surface area contributed by atoms with Gasteiger partial charge in [-0.15, -0.1) is 0 Å². The lowest BCUT2D eigenvalue weighted by Gasteiger charge is -2.12. The Morgan fingerprint density at radius 2 is 1.60 bits per heavy atom. The molecule has 0 aliphatic rings. The summed E-state index contributed by atoms with van der Waals surface area (Å²) in [7, 11) is 5.15. The van der Waals surface area contributed by atoms with Crippen LogP contribution in [-0.2, 0) is 0 Å². The molecule has 0 radical (unpaired) electrons. The SMILES string of the molecule is C=Cc1ccc2[nH]c3c(OCCN(C)C)c4[nH]c5ccc(BC)cc5c4cc3c2c1. The van der Waals surface area contributed by atoms with Gasteiger partial charge in [-0.2, -0.15) is 0 Å². The van der Waals surface area contributed by atoms with Gasteiger partial charge in [0, 0.05) is 39.1 Å². The van der Waals surface area contributed by atoms with Gasteiger partial charge in [0.15, 0.2) is 13.0 Å². The normalized spacial score (nSPS) is 11.9. The van der Waals surface area contributed by atoms with Crippen LogP contribution in [0.2, 0.25) is 6.82 Å². The zero-order chi connectivity index (χ0) is 20.8. The topological polar surface area (TPSA) is 44.0 Å². The second kappa shape index (κ2) is 7.26.